The lowest BCUT2D eigenvalue weighted by Gasteiger charge is -2.28. The van der Waals surface area contributed by atoms with Crippen LogP contribution in [-0.2, 0) is 5.54 Å². The molecule has 0 radical (unpaired) electrons. The number of aryl methyl sites for hydroxylation is 2. The molecule has 0 saturated carbocycles. The summed E-state index contributed by atoms with van der Waals surface area (Å²) in [6.45, 7) is 5.82. The summed E-state index contributed by atoms with van der Waals surface area (Å²) in [5, 5.41) is 0. The molecule has 94 valence electrons. The second-order valence-corrected chi connectivity index (χ2v) is 5.03. The zero-order chi connectivity index (χ0) is 13.3. The summed E-state index contributed by atoms with van der Waals surface area (Å²) in [6.07, 6.45) is 0. The molecule has 0 spiro atoms. The van der Waals surface area contributed by atoms with Crippen molar-refractivity contribution in [1.82, 2.24) is 0 Å². The van der Waals surface area contributed by atoms with Crippen molar-refractivity contribution in [3.63, 3.8) is 0 Å². The van der Waals surface area contributed by atoms with Gasteiger partial charge in [-0.05, 0) is 55.2 Å². The highest BCUT2D eigenvalue weighted by Crippen LogP contribution is 2.29. The molecule has 2 heteroatoms. The number of nitrogens with two attached hydrogens (primary N) is 1. The monoisotopic (exact) mass is 243 g/mol. The molecule has 0 aliphatic heterocycles. The molecule has 2 aromatic carbocycles. The summed E-state index contributed by atoms with van der Waals surface area (Å²) in [4.78, 5) is 0. The van der Waals surface area contributed by atoms with Crippen LogP contribution in [0.15, 0.2) is 42.5 Å². The molecule has 0 heterocycles. The molecule has 1 nitrogen and oxygen atoms in total. The van der Waals surface area contributed by atoms with E-state index >= 15 is 0 Å². The van der Waals surface area contributed by atoms with Crippen molar-refractivity contribution in [3.8, 4) is 0 Å². The third kappa shape index (κ3) is 2.29. The maximum atomic E-state index is 13.5. The number of halogens is 1. The van der Waals surface area contributed by atoms with Crippen molar-refractivity contribution in [2.45, 2.75) is 26.3 Å². The Hall–Kier alpha value is -1.67. The van der Waals surface area contributed by atoms with E-state index in [1.165, 1.54) is 12.1 Å². The van der Waals surface area contributed by atoms with Crippen molar-refractivity contribution in [2.24, 2.45) is 5.73 Å². The van der Waals surface area contributed by atoms with Gasteiger partial charge in [-0.2, -0.15) is 0 Å². The number of rotatable bonds is 2. The lowest BCUT2D eigenvalue weighted by molar-refractivity contribution is 0.577. The zero-order valence-electron chi connectivity index (χ0n) is 11.0. The first-order valence-electron chi connectivity index (χ1n) is 6.04. The van der Waals surface area contributed by atoms with Gasteiger partial charge in [-0.1, -0.05) is 30.3 Å². The molecule has 1 unspecified atom stereocenters. The van der Waals surface area contributed by atoms with Crippen molar-refractivity contribution in [2.75, 3.05) is 0 Å². The van der Waals surface area contributed by atoms with E-state index in [1.807, 2.05) is 51.1 Å². The fraction of sp³-hybridized carbons (Fsp3) is 0.250. The van der Waals surface area contributed by atoms with Gasteiger partial charge in [0.1, 0.15) is 5.82 Å². The smallest absolute Gasteiger partial charge is 0.123 e. The van der Waals surface area contributed by atoms with Gasteiger partial charge in [-0.3, -0.25) is 0 Å². The van der Waals surface area contributed by atoms with Gasteiger partial charge in [-0.25, -0.2) is 4.39 Å². The highest BCUT2D eigenvalue weighted by molar-refractivity contribution is 5.42. The average molecular weight is 243 g/mol. The second kappa shape index (κ2) is 4.54. The van der Waals surface area contributed by atoms with Crippen LogP contribution >= 0.6 is 0 Å². The second-order valence-electron chi connectivity index (χ2n) is 5.03. The van der Waals surface area contributed by atoms with E-state index in [9.17, 15) is 4.39 Å². The third-order valence-electron chi connectivity index (χ3n) is 3.35. The Morgan fingerprint density at radius 3 is 2.33 bits per heavy atom. The Kier molecular flexibility index (Phi) is 3.22. The minimum absolute atomic E-state index is 0.241. The van der Waals surface area contributed by atoms with E-state index in [4.69, 9.17) is 5.73 Å². The predicted molar refractivity (Wildman–Crippen MR) is 73.0 cm³/mol. The minimum Gasteiger partial charge on any atom is -0.318 e. The molecule has 2 rings (SSSR count). The Bertz CT molecular complexity index is 553. The molecule has 2 aromatic rings. The number of hydrogen-bond donors (Lipinski definition) is 1. The molecule has 1 atom stereocenters. The van der Waals surface area contributed by atoms with Crippen LogP contribution in [0.5, 0.6) is 0 Å². The van der Waals surface area contributed by atoms with E-state index < -0.39 is 5.54 Å². The maximum Gasteiger partial charge on any atom is 0.123 e. The lowest BCUT2D eigenvalue weighted by atomic mass is 9.83. The Morgan fingerprint density at radius 2 is 1.72 bits per heavy atom. The van der Waals surface area contributed by atoms with Crippen LogP contribution in [-0.4, -0.2) is 0 Å². The van der Waals surface area contributed by atoms with Crippen LogP contribution in [0, 0.1) is 19.7 Å². The SMILES string of the molecule is Cc1cc(F)cc(C(C)(N)c2ccccc2C)c1. The van der Waals surface area contributed by atoms with Crippen LogP contribution in [0.2, 0.25) is 0 Å². The van der Waals surface area contributed by atoms with Crippen molar-refractivity contribution in [3.05, 3.63) is 70.5 Å². The summed E-state index contributed by atoms with van der Waals surface area (Å²) in [7, 11) is 0. The van der Waals surface area contributed by atoms with Gasteiger partial charge in [0, 0.05) is 0 Å². The van der Waals surface area contributed by atoms with Crippen LogP contribution in [0.25, 0.3) is 0 Å². The normalized spacial score (nSPS) is 14.3. The summed E-state index contributed by atoms with van der Waals surface area (Å²) in [6, 6.07) is 12.9. The van der Waals surface area contributed by atoms with E-state index in [2.05, 4.69) is 0 Å². The third-order valence-corrected chi connectivity index (χ3v) is 3.35. The number of benzene rings is 2. The van der Waals surface area contributed by atoms with E-state index in [1.54, 1.807) is 0 Å². The Morgan fingerprint density at radius 1 is 1.06 bits per heavy atom. The summed E-state index contributed by atoms with van der Waals surface area (Å²) >= 11 is 0. The van der Waals surface area contributed by atoms with Gasteiger partial charge in [0.2, 0.25) is 0 Å². The molecule has 0 bridgehead atoms. The quantitative estimate of drug-likeness (QED) is 0.855. The molecule has 0 saturated heterocycles. The van der Waals surface area contributed by atoms with Gasteiger partial charge >= 0.3 is 0 Å². The van der Waals surface area contributed by atoms with Gasteiger partial charge in [-0.15, -0.1) is 0 Å². The van der Waals surface area contributed by atoms with Crippen molar-refractivity contribution >= 4 is 0 Å². The summed E-state index contributed by atoms with van der Waals surface area (Å²) < 4.78 is 13.5. The highest BCUT2D eigenvalue weighted by atomic mass is 19.1. The van der Waals surface area contributed by atoms with Gasteiger partial charge in [0.15, 0.2) is 0 Å². The molecular weight excluding hydrogens is 225 g/mol. The van der Waals surface area contributed by atoms with Crippen molar-refractivity contribution < 1.29 is 4.39 Å². The van der Waals surface area contributed by atoms with Crippen LogP contribution in [0.4, 0.5) is 4.39 Å². The molecule has 0 fully saturated rings. The maximum absolute atomic E-state index is 13.5. The molecule has 2 N–H and O–H groups in total. The predicted octanol–water partition coefficient (Wildman–Crippen LogP) is 3.66. The van der Waals surface area contributed by atoms with Gasteiger partial charge < -0.3 is 5.73 Å². The summed E-state index contributed by atoms with van der Waals surface area (Å²) in [5.41, 5.74) is 9.57. The van der Waals surface area contributed by atoms with Gasteiger partial charge in [0.25, 0.3) is 0 Å². The molecular formula is C16H18FN. The van der Waals surface area contributed by atoms with Crippen molar-refractivity contribution in [1.29, 1.82) is 0 Å². The van der Waals surface area contributed by atoms with Crippen LogP contribution in [0.3, 0.4) is 0 Å². The Labute approximate surface area is 107 Å². The van der Waals surface area contributed by atoms with E-state index in [0.717, 1.165) is 22.3 Å². The fourth-order valence-corrected chi connectivity index (χ4v) is 2.35. The Balaban J connectivity index is 2.57. The fourth-order valence-electron chi connectivity index (χ4n) is 2.35. The molecule has 0 amide bonds. The molecule has 0 aliphatic rings. The van der Waals surface area contributed by atoms with E-state index in [-0.39, 0.29) is 5.82 Å². The van der Waals surface area contributed by atoms with E-state index in [0.29, 0.717) is 0 Å². The largest absolute Gasteiger partial charge is 0.318 e. The van der Waals surface area contributed by atoms with Crippen LogP contribution < -0.4 is 5.73 Å². The minimum atomic E-state index is -0.682. The molecule has 0 aromatic heterocycles. The molecule has 18 heavy (non-hydrogen) atoms. The lowest BCUT2D eigenvalue weighted by Crippen LogP contribution is -2.35. The first kappa shape index (κ1) is 12.8. The highest BCUT2D eigenvalue weighted by Gasteiger charge is 2.25. The molecule has 0 aliphatic carbocycles. The first-order chi connectivity index (χ1) is 8.41. The van der Waals surface area contributed by atoms with Crippen LogP contribution in [0.1, 0.15) is 29.2 Å². The zero-order valence-corrected chi connectivity index (χ0v) is 11.0. The summed E-state index contributed by atoms with van der Waals surface area (Å²) in [5.74, 6) is -0.241. The van der Waals surface area contributed by atoms with Gasteiger partial charge in [0.05, 0.1) is 5.54 Å². The average Bonchev–Trinajstić information content (AvgIpc) is 2.28. The standard InChI is InChI=1S/C16H18FN/c1-11-8-13(10-14(17)9-11)16(3,18)15-7-5-4-6-12(15)2/h4-10H,18H2,1-3H3. The first-order valence-corrected chi connectivity index (χ1v) is 6.04. The number of hydrogen-bond acceptors (Lipinski definition) is 1. The topological polar surface area (TPSA) is 26.0 Å².